The molecule has 0 aliphatic carbocycles. The van der Waals surface area contributed by atoms with E-state index < -0.39 is 0 Å². The molecule has 2 aromatic heterocycles. The van der Waals surface area contributed by atoms with Gasteiger partial charge in [-0.2, -0.15) is 5.10 Å². The standard InChI is InChI=1S/C16H19N3OS/c1-4-14-18-19-13(9-20)15(17-16(19)21-14)12-7-5-11(6-8-12)10(2)3/h5-8,10,20H,4,9H2,1-3H3. The van der Waals surface area contributed by atoms with Gasteiger partial charge in [0.15, 0.2) is 0 Å². The molecule has 3 aromatic rings. The van der Waals surface area contributed by atoms with Crippen LogP contribution in [0.1, 0.15) is 43.0 Å². The van der Waals surface area contributed by atoms with Crippen molar-refractivity contribution in [3.63, 3.8) is 0 Å². The van der Waals surface area contributed by atoms with E-state index in [0.717, 1.165) is 33.3 Å². The fourth-order valence-electron chi connectivity index (χ4n) is 2.37. The summed E-state index contributed by atoms with van der Waals surface area (Å²) in [6.07, 6.45) is 0.886. The van der Waals surface area contributed by atoms with E-state index in [1.165, 1.54) is 5.56 Å². The molecule has 0 fully saturated rings. The predicted octanol–water partition coefficient (Wildman–Crippen LogP) is 3.64. The number of hydrogen-bond donors (Lipinski definition) is 1. The van der Waals surface area contributed by atoms with Gasteiger partial charge in [-0.25, -0.2) is 9.50 Å². The summed E-state index contributed by atoms with van der Waals surface area (Å²) in [4.78, 5) is 5.50. The molecule has 0 atom stereocenters. The van der Waals surface area contributed by atoms with Crippen LogP contribution in [-0.2, 0) is 13.0 Å². The van der Waals surface area contributed by atoms with Gasteiger partial charge in [0.2, 0.25) is 4.96 Å². The van der Waals surface area contributed by atoms with Crippen LogP contribution in [0.2, 0.25) is 0 Å². The van der Waals surface area contributed by atoms with E-state index in [-0.39, 0.29) is 6.61 Å². The second-order valence-corrected chi connectivity index (χ2v) is 6.43. The van der Waals surface area contributed by atoms with Crippen LogP contribution >= 0.6 is 11.3 Å². The maximum absolute atomic E-state index is 9.70. The first-order chi connectivity index (χ1) is 10.1. The van der Waals surface area contributed by atoms with E-state index in [1.54, 1.807) is 15.9 Å². The minimum Gasteiger partial charge on any atom is -0.390 e. The highest BCUT2D eigenvalue weighted by atomic mass is 32.1. The molecule has 4 nitrogen and oxygen atoms in total. The number of nitrogens with zero attached hydrogens (tertiary/aromatic N) is 3. The summed E-state index contributed by atoms with van der Waals surface area (Å²) in [5, 5.41) is 15.2. The number of rotatable bonds is 4. The Morgan fingerprint density at radius 3 is 2.52 bits per heavy atom. The zero-order valence-corrected chi connectivity index (χ0v) is 13.3. The van der Waals surface area contributed by atoms with E-state index in [4.69, 9.17) is 0 Å². The van der Waals surface area contributed by atoms with Crippen molar-refractivity contribution < 1.29 is 5.11 Å². The quantitative estimate of drug-likeness (QED) is 0.800. The lowest BCUT2D eigenvalue weighted by Crippen LogP contribution is -1.96. The van der Waals surface area contributed by atoms with Crippen LogP contribution in [0.3, 0.4) is 0 Å². The normalized spacial score (nSPS) is 11.7. The molecule has 3 rings (SSSR count). The highest BCUT2D eigenvalue weighted by Crippen LogP contribution is 2.28. The van der Waals surface area contributed by atoms with Crippen LogP contribution in [0.15, 0.2) is 24.3 Å². The zero-order chi connectivity index (χ0) is 15.0. The van der Waals surface area contributed by atoms with Crippen LogP contribution in [0.5, 0.6) is 0 Å². The minimum atomic E-state index is -0.0602. The number of benzene rings is 1. The first kappa shape index (κ1) is 14.2. The van der Waals surface area contributed by atoms with Crippen LogP contribution in [0.4, 0.5) is 0 Å². The Labute approximate surface area is 128 Å². The monoisotopic (exact) mass is 301 g/mol. The maximum Gasteiger partial charge on any atom is 0.213 e. The van der Waals surface area contributed by atoms with Gasteiger partial charge < -0.3 is 5.11 Å². The molecule has 0 bridgehead atoms. The Morgan fingerprint density at radius 2 is 1.95 bits per heavy atom. The number of aliphatic hydroxyl groups excluding tert-OH is 1. The lowest BCUT2D eigenvalue weighted by Gasteiger charge is -2.06. The van der Waals surface area contributed by atoms with Gasteiger partial charge in [0.05, 0.1) is 18.0 Å². The zero-order valence-electron chi connectivity index (χ0n) is 12.5. The Balaban J connectivity index is 2.08. The number of fused-ring (bicyclic) bond motifs is 1. The van der Waals surface area contributed by atoms with E-state index in [0.29, 0.717) is 5.92 Å². The van der Waals surface area contributed by atoms with Gasteiger partial charge in [0.1, 0.15) is 5.01 Å². The van der Waals surface area contributed by atoms with Gasteiger partial charge in [-0.3, -0.25) is 0 Å². The molecule has 1 aromatic carbocycles. The maximum atomic E-state index is 9.70. The molecular weight excluding hydrogens is 282 g/mol. The number of imidazole rings is 1. The molecule has 0 amide bonds. The molecule has 1 N–H and O–H groups in total. The van der Waals surface area contributed by atoms with E-state index in [2.05, 4.69) is 55.1 Å². The lowest BCUT2D eigenvalue weighted by molar-refractivity contribution is 0.275. The molecule has 0 aliphatic heterocycles. The molecular formula is C16H19N3OS. The first-order valence-corrected chi connectivity index (χ1v) is 8.04. The largest absolute Gasteiger partial charge is 0.390 e. The first-order valence-electron chi connectivity index (χ1n) is 7.22. The van der Waals surface area contributed by atoms with Gasteiger partial charge in [-0.05, 0) is 17.9 Å². The summed E-state index contributed by atoms with van der Waals surface area (Å²) in [7, 11) is 0. The van der Waals surface area contributed by atoms with Crippen LogP contribution in [0.25, 0.3) is 16.2 Å². The lowest BCUT2D eigenvalue weighted by atomic mass is 10.0. The van der Waals surface area contributed by atoms with E-state index in [1.807, 2.05) is 0 Å². The molecule has 0 aliphatic rings. The summed E-state index contributed by atoms with van der Waals surface area (Å²) in [5.41, 5.74) is 3.92. The van der Waals surface area contributed by atoms with Crippen molar-refractivity contribution in [3.8, 4) is 11.3 Å². The van der Waals surface area contributed by atoms with Gasteiger partial charge in [-0.1, -0.05) is 56.4 Å². The van der Waals surface area contributed by atoms with Gasteiger partial charge in [0, 0.05) is 5.56 Å². The van der Waals surface area contributed by atoms with Crippen LogP contribution in [-0.4, -0.2) is 19.7 Å². The molecule has 0 radical (unpaired) electrons. The third-order valence-electron chi connectivity index (χ3n) is 3.64. The highest BCUT2D eigenvalue weighted by Gasteiger charge is 2.17. The summed E-state index contributed by atoms with van der Waals surface area (Å²) in [6.45, 7) is 6.37. The molecule has 0 spiro atoms. The van der Waals surface area contributed by atoms with Crippen molar-refractivity contribution in [3.05, 3.63) is 40.5 Å². The average molecular weight is 301 g/mol. The van der Waals surface area contributed by atoms with Crippen LogP contribution in [0, 0.1) is 0 Å². The minimum absolute atomic E-state index is 0.0602. The van der Waals surface area contributed by atoms with Crippen molar-refractivity contribution >= 4 is 16.3 Å². The van der Waals surface area contributed by atoms with Gasteiger partial charge in [0.25, 0.3) is 0 Å². The molecule has 110 valence electrons. The topological polar surface area (TPSA) is 50.4 Å². The predicted molar refractivity (Wildman–Crippen MR) is 85.7 cm³/mol. The number of hydrogen-bond acceptors (Lipinski definition) is 4. The highest BCUT2D eigenvalue weighted by molar-refractivity contribution is 7.16. The van der Waals surface area contributed by atoms with Gasteiger partial charge in [-0.15, -0.1) is 0 Å². The SMILES string of the molecule is CCc1nn2c(CO)c(-c3ccc(C(C)C)cc3)nc2s1. The number of aliphatic hydroxyl groups is 1. The summed E-state index contributed by atoms with van der Waals surface area (Å²) >= 11 is 1.58. The molecule has 5 heteroatoms. The third kappa shape index (κ3) is 2.47. The number of aromatic nitrogens is 3. The molecule has 21 heavy (non-hydrogen) atoms. The summed E-state index contributed by atoms with van der Waals surface area (Å²) in [5.74, 6) is 0.510. The fourth-order valence-corrected chi connectivity index (χ4v) is 3.22. The Kier molecular flexibility index (Phi) is 3.78. The molecule has 0 saturated carbocycles. The summed E-state index contributed by atoms with van der Waals surface area (Å²) < 4.78 is 1.77. The average Bonchev–Trinajstić information content (AvgIpc) is 3.03. The van der Waals surface area contributed by atoms with Crippen molar-refractivity contribution in [1.29, 1.82) is 0 Å². The second-order valence-electron chi connectivity index (χ2n) is 5.39. The third-order valence-corrected chi connectivity index (χ3v) is 4.69. The smallest absolute Gasteiger partial charge is 0.213 e. The van der Waals surface area contributed by atoms with Crippen molar-refractivity contribution in [2.45, 2.75) is 39.7 Å². The Bertz CT molecular complexity index is 756. The molecule has 2 heterocycles. The van der Waals surface area contributed by atoms with Crippen LogP contribution < -0.4 is 0 Å². The molecule has 0 unspecified atom stereocenters. The fraction of sp³-hybridized carbons (Fsp3) is 0.375. The van der Waals surface area contributed by atoms with E-state index in [9.17, 15) is 5.11 Å². The van der Waals surface area contributed by atoms with Gasteiger partial charge >= 0.3 is 0 Å². The van der Waals surface area contributed by atoms with Crippen molar-refractivity contribution in [2.24, 2.45) is 0 Å². The summed E-state index contributed by atoms with van der Waals surface area (Å²) in [6, 6.07) is 8.39. The second kappa shape index (κ2) is 5.58. The van der Waals surface area contributed by atoms with Crippen molar-refractivity contribution in [1.82, 2.24) is 14.6 Å². The molecule has 0 saturated heterocycles. The Morgan fingerprint density at radius 1 is 1.24 bits per heavy atom. The van der Waals surface area contributed by atoms with Crippen molar-refractivity contribution in [2.75, 3.05) is 0 Å². The Hall–Kier alpha value is -1.72. The number of aryl methyl sites for hydroxylation is 1. The van der Waals surface area contributed by atoms with E-state index >= 15 is 0 Å².